The van der Waals surface area contributed by atoms with Gasteiger partial charge < -0.3 is 14.8 Å². The van der Waals surface area contributed by atoms with Crippen LogP contribution in [0.3, 0.4) is 0 Å². The number of rotatable bonds is 10. The lowest BCUT2D eigenvalue weighted by Crippen LogP contribution is -2.28. The first kappa shape index (κ1) is 30.6. The van der Waals surface area contributed by atoms with E-state index in [1.165, 1.54) is 55.5 Å². The Labute approximate surface area is 267 Å². The maximum atomic E-state index is 10.9. The minimum Gasteiger partial charge on any atom is -0.550 e. The van der Waals surface area contributed by atoms with Crippen molar-refractivity contribution in [3.63, 3.8) is 0 Å². The van der Waals surface area contributed by atoms with Crippen LogP contribution in [0.1, 0.15) is 71.4 Å². The molecule has 0 atom stereocenters. The van der Waals surface area contributed by atoms with Crippen LogP contribution in [0.5, 0.6) is 0 Å². The molecule has 0 N–H and O–H groups in total. The molecule has 0 saturated heterocycles. The van der Waals surface area contributed by atoms with Crippen LogP contribution < -0.4 is 10.0 Å². The van der Waals surface area contributed by atoms with Crippen molar-refractivity contribution in [1.82, 2.24) is 0 Å². The van der Waals surface area contributed by atoms with Gasteiger partial charge in [-0.05, 0) is 85.4 Å². The number of aliphatic carboxylic acids is 1. The van der Waals surface area contributed by atoms with E-state index in [1.807, 2.05) is 0 Å². The second-order valence-corrected chi connectivity index (χ2v) is 13.4. The summed E-state index contributed by atoms with van der Waals surface area (Å²) < 4.78 is 2.45. The Hall–Kier alpha value is -4.44. The highest BCUT2D eigenvalue weighted by molar-refractivity contribution is 6.07. The fourth-order valence-corrected chi connectivity index (χ4v) is 7.73. The van der Waals surface area contributed by atoms with Crippen molar-refractivity contribution >= 4 is 44.6 Å². The Morgan fingerprint density at radius 3 is 2.13 bits per heavy atom. The molecule has 2 heterocycles. The predicted molar refractivity (Wildman–Crippen MR) is 187 cm³/mol. The maximum absolute atomic E-state index is 10.9. The fourth-order valence-electron chi connectivity index (χ4n) is 7.73. The molecule has 0 unspecified atom stereocenters. The number of anilines is 1. The second-order valence-electron chi connectivity index (χ2n) is 13.4. The van der Waals surface area contributed by atoms with Crippen molar-refractivity contribution in [2.75, 3.05) is 18.0 Å². The van der Waals surface area contributed by atoms with Crippen LogP contribution >= 0.6 is 0 Å². The number of carbonyl (C=O) groups excluding carboxylic acids is 1. The summed E-state index contributed by atoms with van der Waals surface area (Å²) in [4.78, 5) is 13.4. The predicted octanol–water partition coefficient (Wildman–Crippen LogP) is 8.49. The normalized spacial score (nSPS) is 17.8. The number of unbranched alkanes of at least 4 members (excludes halogenated alkanes) is 2. The van der Waals surface area contributed by atoms with E-state index in [1.54, 1.807) is 0 Å². The van der Waals surface area contributed by atoms with Crippen molar-refractivity contribution in [3.8, 4) is 0 Å². The van der Waals surface area contributed by atoms with Crippen molar-refractivity contribution in [2.24, 2.45) is 0 Å². The molecular weight excluding hydrogens is 552 g/mol. The third-order valence-electron chi connectivity index (χ3n) is 9.82. The summed E-state index contributed by atoms with van der Waals surface area (Å²) in [6.07, 6.45) is 13.6. The van der Waals surface area contributed by atoms with E-state index in [9.17, 15) is 9.90 Å². The third-order valence-corrected chi connectivity index (χ3v) is 9.82. The van der Waals surface area contributed by atoms with Gasteiger partial charge in [-0.15, -0.1) is 0 Å². The van der Waals surface area contributed by atoms with Crippen LogP contribution in [0.25, 0.3) is 21.5 Å². The van der Waals surface area contributed by atoms with Gasteiger partial charge in [-0.1, -0.05) is 86.7 Å². The number of nitrogens with zero attached hydrogens (tertiary/aromatic N) is 2. The number of hydrogen-bond acceptors (Lipinski definition) is 3. The van der Waals surface area contributed by atoms with Gasteiger partial charge in [-0.2, -0.15) is 4.58 Å². The van der Waals surface area contributed by atoms with Crippen molar-refractivity contribution in [1.29, 1.82) is 0 Å². The molecule has 4 aromatic rings. The zero-order valence-corrected chi connectivity index (χ0v) is 27.3. The zero-order chi connectivity index (χ0) is 31.8. The quantitative estimate of drug-likeness (QED) is 0.105. The molecule has 0 fully saturated rings. The number of carboxylic acid groups (broad SMARTS) is 1. The lowest BCUT2D eigenvalue weighted by molar-refractivity contribution is -0.438. The highest BCUT2D eigenvalue weighted by Gasteiger charge is 2.45. The molecule has 0 aliphatic carbocycles. The second kappa shape index (κ2) is 12.2. The summed E-state index contributed by atoms with van der Waals surface area (Å²) in [7, 11) is 0. The molecule has 6 rings (SSSR count). The Bertz CT molecular complexity index is 1900. The highest BCUT2D eigenvalue weighted by Crippen LogP contribution is 2.50. The topological polar surface area (TPSA) is 46.4 Å². The van der Waals surface area contributed by atoms with Crippen molar-refractivity contribution in [2.45, 2.75) is 71.1 Å². The number of carbonyl (C=O) groups is 1. The van der Waals surface area contributed by atoms with Gasteiger partial charge in [0.2, 0.25) is 5.69 Å². The third kappa shape index (κ3) is 5.41. The lowest BCUT2D eigenvalue weighted by atomic mass is 9.79. The Morgan fingerprint density at radius 1 is 0.778 bits per heavy atom. The van der Waals surface area contributed by atoms with Crippen molar-refractivity contribution < 1.29 is 14.5 Å². The summed E-state index contributed by atoms with van der Waals surface area (Å²) in [5, 5.41) is 16.1. The SMILES string of the molecule is CCN1/C(=C/C=C/C=C/C2=[N+](CCCCCC(=O)[O-])c3ccc4ccccc4c3C2(C)C)C(C)(C)c2c1ccc1ccccc21. The number of benzene rings is 4. The van der Waals surface area contributed by atoms with Gasteiger partial charge in [0.05, 0.1) is 5.41 Å². The van der Waals surface area contributed by atoms with Gasteiger partial charge in [0.15, 0.2) is 5.71 Å². The van der Waals surface area contributed by atoms with Gasteiger partial charge in [0, 0.05) is 53.4 Å². The molecule has 2 aliphatic rings. The molecule has 0 amide bonds. The molecule has 0 spiro atoms. The minimum absolute atomic E-state index is 0.112. The molecule has 4 nitrogen and oxygen atoms in total. The average Bonchev–Trinajstić information content (AvgIpc) is 3.38. The summed E-state index contributed by atoms with van der Waals surface area (Å²) in [5.41, 5.74) is 7.60. The standard InChI is InChI=1S/C41H44N2O2/c1-6-42-33-26-24-29-17-12-14-19-31(29)38(33)40(2,3)35(42)21-9-7-10-22-36-41(4,5)39-32-20-15-13-18-30(32)25-27-34(39)43(36)28-16-8-11-23-37(44)45/h7,9-10,12-15,17-22,24-27H,6,8,11,16,23,28H2,1-5H3. The van der Waals surface area contributed by atoms with Gasteiger partial charge in [-0.3, -0.25) is 0 Å². The molecule has 4 heteroatoms. The number of carboxylic acids is 1. The first-order chi connectivity index (χ1) is 21.7. The molecule has 0 saturated carbocycles. The van der Waals surface area contributed by atoms with Crippen LogP contribution in [0, 0.1) is 0 Å². The van der Waals surface area contributed by atoms with Crippen LogP contribution in [-0.2, 0) is 15.6 Å². The molecule has 230 valence electrons. The molecule has 0 radical (unpaired) electrons. The van der Waals surface area contributed by atoms with Crippen LogP contribution in [-0.4, -0.2) is 29.3 Å². The molecular formula is C41H44N2O2. The number of hydrogen-bond donors (Lipinski definition) is 0. The number of allylic oxidation sites excluding steroid dienone is 6. The van der Waals surface area contributed by atoms with E-state index in [0.29, 0.717) is 6.42 Å². The Balaban J connectivity index is 1.31. The Morgan fingerprint density at radius 2 is 1.44 bits per heavy atom. The number of fused-ring (bicyclic) bond motifs is 6. The lowest BCUT2D eigenvalue weighted by Gasteiger charge is -2.26. The number of likely N-dealkylation sites (N-methyl/N-ethyl adjacent to an activating group) is 1. The fraction of sp³-hybridized carbons (Fsp3) is 0.317. The first-order valence-electron chi connectivity index (χ1n) is 16.4. The monoisotopic (exact) mass is 596 g/mol. The molecule has 2 aliphatic heterocycles. The highest BCUT2D eigenvalue weighted by atomic mass is 16.4. The first-order valence-corrected chi connectivity index (χ1v) is 16.4. The summed E-state index contributed by atoms with van der Waals surface area (Å²) in [5.74, 6) is -0.966. The van der Waals surface area contributed by atoms with Gasteiger partial charge in [0.1, 0.15) is 6.54 Å². The minimum atomic E-state index is -0.966. The zero-order valence-electron chi connectivity index (χ0n) is 27.3. The molecule has 45 heavy (non-hydrogen) atoms. The molecule has 0 aromatic heterocycles. The summed E-state index contributed by atoms with van der Waals surface area (Å²) in [6.45, 7) is 13.3. The van der Waals surface area contributed by atoms with Crippen LogP contribution in [0.2, 0.25) is 0 Å². The van der Waals surface area contributed by atoms with Crippen LogP contribution in [0.4, 0.5) is 11.4 Å². The summed E-state index contributed by atoms with van der Waals surface area (Å²) in [6, 6.07) is 26.3. The average molecular weight is 597 g/mol. The van der Waals surface area contributed by atoms with Gasteiger partial charge in [0.25, 0.3) is 0 Å². The maximum Gasteiger partial charge on any atom is 0.210 e. The van der Waals surface area contributed by atoms with E-state index in [2.05, 4.69) is 147 Å². The van der Waals surface area contributed by atoms with Gasteiger partial charge in [-0.25, -0.2) is 0 Å². The van der Waals surface area contributed by atoms with Crippen LogP contribution in [0.15, 0.2) is 109 Å². The smallest absolute Gasteiger partial charge is 0.210 e. The van der Waals surface area contributed by atoms with E-state index in [4.69, 9.17) is 0 Å². The van der Waals surface area contributed by atoms with Crippen molar-refractivity contribution in [3.05, 3.63) is 120 Å². The van der Waals surface area contributed by atoms with Gasteiger partial charge >= 0.3 is 0 Å². The van der Waals surface area contributed by atoms with E-state index in [0.717, 1.165) is 25.9 Å². The molecule has 0 bridgehead atoms. The molecule has 4 aromatic carbocycles. The van der Waals surface area contributed by atoms with E-state index in [-0.39, 0.29) is 17.3 Å². The Kier molecular flexibility index (Phi) is 8.26. The van der Waals surface area contributed by atoms with E-state index < -0.39 is 5.97 Å². The summed E-state index contributed by atoms with van der Waals surface area (Å²) >= 11 is 0. The van der Waals surface area contributed by atoms with E-state index >= 15 is 0 Å². The largest absolute Gasteiger partial charge is 0.550 e.